The van der Waals surface area contributed by atoms with Crippen molar-refractivity contribution in [3.8, 4) is 0 Å². The maximum Gasteiger partial charge on any atom is 0.240 e. The highest BCUT2D eigenvalue weighted by Gasteiger charge is 2.25. The Labute approximate surface area is 199 Å². The van der Waals surface area contributed by atoms with Crippen molar-refractivity contribution in [1.82, 2.24) is 5.32 Å². The molecule has 2 aromatic rings. The number of hydrogen-bond donors (Lipinski definition) is 2. The molecular formula is C24H27F2N3O4S. The summed E-state index contributed by atoms with van der Waals surface area (Å²) in [6.07, 6.45) is 4.85. The summed E-state index contributed by atoms with van der Waals surface area (Å²) < 4.78 is 39.9. The van der Waals surface area contributed by atoms with Crippen LogP contribution in [0.1, 0.15) is 32.1 Å². The number of rotatable bonds is 9. The van der Waals surface area contributed by atoms with Gasteiger partial charge in [-0.25, -0.2) is 8.78 Å². The Morgan fingerprint density at radius 3 is 2.26 bits per heavy atom. The van der Waals surface area contributed by atoms with Crippen molar-refractivity contribution in [3.05, 3.63) is 60.2 Å². The van der Waals surface area contributed by atoms with Crippen LogP contribution in [0.2, 0.25) is 0 Å². The molecule has 34 heavy (non-hydrogen) atoms. The fraction of sp³-hybridized carbons (Fsp3) is 0.375. The molecule has 0 radical (unpaired) electrons. The Bertz CT molecular complexity index is 1040. The number of carbonyl (C=O) groups excluding carboxylic acids is 3. The molecule has 0 heterocycles. The first-order chi connectivity index (χ1) is 16.3. The second-order valence-electron chi connectivity index (χ2n) is 8.12. The molecule has 1 saturated carbocycles. The van der Waals surface area contributed by atoms with Gasteiger partial charge in [-0.3, -0.25) is 23.5 Å². The molecule has 0 spiro atoms. The van der Waals surface area contributed by atoms with Gasteiger partial charge in [0.25, 0.3) is 0 Å². The Morgan fingerprint density at radius 2 is 1.59 bits per heavy atom. The van der Waals surface area contributed by atoms with E-state index in [9.17, 15) is 27.4 Å². The molecule has 1 aliphatic rings. The van der Waals surface area contributed by atoms with Crippen LogP contribution in [-0.2, 0) is 25.2 Å². The molecule has 1 atom stereocenters. The normalized spacial score (nSPS) is 14.8. The van der Waals surface area contributed by atoms with E-state index in [0.717, 1.165) is 37.0 Å². The zero-order valence-electron chi connectivity index (χ0n) is 18.6. The summed E-state index contributed by atoms with van der Waals surface area (Å²) in [7, 11) is -1.91. The number of hydrogen-bond acceptors (Lipinski definition) is 4. The number of carbonyl (C=O) groups is 3. The molecule has 0 unspecified atom stereocenters. The fourth-order valence-electron chi connectivity index (χ4n) is 3.79. The zero-order chi connectivity index (χ0) is 24.5. The van der Waals surface area contributed by atoms with E-state index in [1.165, 1.54) is 48.5 Å². The van der Waals surface area contributed by atoms with Crippen molar-refractivity contribution in [1.29, 1.82) is 0 Å². The zero-order valence-corrected chi connectivity index (χ0v) is 19.4. The van der Waals surface area contributed by atoms with Crippen molar-refractivity contribution in [2.75, 3.05) is 28.3 Å². The molecule has 2 aromatic carbocycles. The molecule has 0 aliphatic heterocycles. The molecule has 10 heteroatoms. The third-order valence-corrected chi connectivity index (χ3v) is 6.57. The van der Waals surface area contributed by atoms with Crippen LogP contribution in [-0.4, -0.2) is 46.0 Å². The van der Waals surface area contributed by atoms with Crippen LogP contribution < -0.4 is 15.5 Å². The van der Waals surface area contributed by atoms with E-state index in [0.29, 0.717) is 5.69 Å². The SMILES string of the molecule is O=C(C[S@](=O)CC(=O)N(CC(=O)NC1CCCCC1)c1ccccc1F)Nc1ccc(F)cc1. The lowest BCUT2D eigenvalue weighted by Gasteiger charge is -2.26. The summed E-state index contributed by atoms with van der Waals surface area (Å²) in [5, 5.41) is 5.36. The average Bonchev–Trinajstić information content (AvgIpc) is 2.80. The molecule has 0 aromatic heterocycles. The smallest absolute Gasteiger partial charge is 0.240 e. The molecule has 7 nitrogen and oxygen atoms in total. The third-order valence-electron chi connectivity index (χ3n) is 5.42. The van der Waals surface area contributed by atoms with Crippen molar-refractivity contribution >= 4 is 39.9 Å². The van der Waals surface area contributed by atoms with Crippen molar-refractivity contribution in [3.63, 3.8) is 0 Å². The molecular weight excluding hydrogens is 464 g/mol. The Balaban J connectivity index is 1.62. The van der Waals surface area contributed by atoms with E-state index in [4.69, 9.17) is 0 Å². The second-order valence-corrected chi connectivity index (χ2v) is 9.57. The number of nitrogens with one attached hydrogen (secondary N) is 2. The molecule has 0 bridgehead atoms. The monoisotopic (exact) mass is 491 g/mol. The van der Waals surface area contributed by atoms with Crippen LogP contribution in [0.25, 0.3) is 0 Å². The molecule has 0 saturated heterocycles. The van der Waals surface area contributed by atoms with E-state index in [1.807, 2.05) is 0 Å². The summed E-state index contributed by atoms with van der Waals surface area (Å²) in [6, 6.07) is 10.6. The second kappa shape index (κ2) is 12.4. The number of anilines is 2. The minimum absolute atomic E-state index is 0.0168. The molecule has 3 amide bonds. The lowest BCUT2D eigenvalue weighted by Crippen LogP contribution is -2.46. The predicted octanol–water partition coefficient (Wildman–Crippen LogP) is 3.13. The van der Waals surface area contributed by atoms with Crippen LogP contribution in [0.5, 0.6) is 0 Å². The standard InChI is InChI=1S/C24H27F2N3O4S/c25-17-10-12-19(13-11-17)28-23(31)15-34(33)16-24(32)29(21-9-5-4-8-20(21)26)14-22(30)27-18-6-2-1-3-7-18/h4-5,8-13,18H,1-3,6-7,14-16H2,(H,27,30)(H,28,31)/t34-/m0/s1. The van der Waals surface area contributed by atoms with E-state index < -0.39 is 58.2 Å². The van der Waals surface area contributed by atoms with Crippen LogP contribution >= 0.6 is 0 Å². The summed E-state index contributed by atoms with van der Waals surface area (Å²) in [5.74, 6) is -4.00. The van der Waals surface area contributed by atoms with Crippen molar-refractivity contribution in [2.45, 2.75) is 38.1 Å². The molecule has 3 rings (SSSR count). The lowest BCUT2D eigenvalue weighted by molar-refractivity contribution is -0.123. The first-order valence-electron chi connectivity index (χ1n) is 11.1. The van der Waals surface area contributed by atoms with Gasteiger partial charge >= 0.3 is 0 Å². The Kier molecular flexibility index (Phi) is 9.26. The maximum absolute atomic E-state index is 14.4. The van der Waals surface area contributed by atoms with Gasteiger partial charge in [0, 0.05) is 22.5 Å². The van der Waals surface area contributed by atoms with Gasteiger partial charge in [-0.15, -0.1) is 0 Å². The van der Waals surface area contributed by atoms with Crippen LogP contribution in [0.4, 0.5) is 20.2 Å². The highest BCUT2D eigenvalue weighted by atomic mass is 32.2. The fourth-order valence-corrected chi connectivity index (χ4v) is 4.68. The largest absolute Gasteiger partial charge is 0.352 e. The van der Waals surface area contributed by atoms with E-state index in [-0.39, 0.29) is 11.7 Å². The highest BCUT2D eigenvalue weighted by Crippen LogP contribution is 2.20. The number of amides is 3. The van der Waals surface area contributed by atoms with Crippen molar-refractivity contribution in [2.24, 2.45) is 0 Å². The first-order valence-corrected chi connectivity index (χ1v) is 12.6. The highest BCUT2D eigenvalue weighted by molar-refractivity contribution is 7.86. The number of nitrogens with zero attached hydrogens (tertiary/aromatic N) is 1. The number of halogens is 2. The summed E-state index contributed by atoms with van der Waals surface area (Å²) >= 11 is 0. The molecule has 2 N–H and O–H groups in total. The summed E-state index contributed by atoms with van der Waals surface area (Å²) in [5.41, 5.74) is 0.223. The van der Waals surface area contributed by atoms with Crippen molar-refractivity contribution < 1.29 is 27.4 Å². The van der Waals surface area contributed by atoms with E-state index >= 15 is 0 Å². The van der Waals surface area contributed by atoms with Gasteiger partial charge in [-0.1, -0.05) is 31.4 Å². The van der Waals surface area contributed by atoms with Gasteiger partial charge < -0.3 is 10.6 Å². The van der Waals surface area contributed by atoms with Gasteiger partial charge in [-0.05, 0) is 49.2 Å². The third kappa shape index (κ3) is 7.72. The quantitative estimate of drug-likeness (QED) is 0.564. The maximum atomic E-state index is 14.4. The van der Waals surface area contributed by atoms with Gasteiger partial charge in [0.05, 0.1) is 5.69 Å². The van der Waals surface area contributed by atoms with Gasteiger partial charge in [-0.2, -0.15) is 0 Å². The summed E-state index contributed by atoms with van der Waals surface area (Å²) in [6.45, 7) is -0.421. The predicted molar refractivity (Wildman–Crippen MR) is 127 cm³/mol. The van der Waals surface area contributed by atoms with Crippen LogP contribution in [0.3, 0.4) is 0 Å². The average molecular weight is 492 g/mol. The minimum atomic E-state index is -1.91. The first kappa shape index (κ1) is 25.5. The number of benzene rings is 2. The van der Waals surface area contributed by atoms with E-state index in [1.54, 1.807) is 0 Å². The lowest BCUT2D eigenvalue weighted by atomic mass is 9.95. The van der Waals surface area contributed by atoms with Gasteiger partial charge in [0.15, 0.2) is 0 Å². The molecule has 1 fully saturated rings. The topological polar surface area (TPSA) is 95.6 Å². The summed E-state index contributed by atoms with van der Waals surface area (Å²) in [4.78, 5) is 38.6. The molecule has 1 aliphatic carbocycles. The van der Waals surface area contributed by atoms with Gasteiger partial charge in [0.2, 0.25) is 17.7 Å². The molecule has 182 valence electrons. The Morgan fingerprint density at radius 1 is 0.912 bits per heavy atom. The van der Waals surface area contributed by atoms with E-state index in [2.05, 4.69) is 10.6 Å². The number of para-hydroxylation sites is 1. The van der Waals surface area contributed by atoms with Crippen LogP contribution in [0, 0.1) is 11.6 Å². The van der Waals surface area contributed by atoms with Crippen LogP contribution in [0.15, 0.2) is 48.5 Å². The Hall–Kier alpha value is -3.14. The van der Waals surface area contributed by atoms with Gasteiger partial charge in [0.1, 0.15) is 29.7 Å². The minimum Gasteiger partial charge on any atom is -0.352 e.